The summed E-state index contributed by atoms with van der Waals surface area (Å²) in [5.74, 6) is 0. The van der Waals surface area contributed by atoms with Crippen LogP contribution in [0.15, 0.2) is 48.8 Å². The molecule has 17 heavy (non-hydrogen) atoms. The molecule has 3 nitrogen and oxygen atoms in total. The van der Waals surface area contributed by atoms with Gasteiger partial charge in [0.05, 0.1) is 0 Å². The first-order valence-corrected chi connectivity index (χ1v) is 5.66. The Balaban J connectivity index is 2.56. The average molecular weight is 228 g/mol. The Morgan fingerprint density at radius 1 is 1.24 bits per heavy atom. The standard InChI is InChI=1S/C14H16N2O/c1-2-14(17,11-6-4-3-5-7-11)12-10-16-9-8-13(12)15/h3-10,17H,2H2,1H3,(H2,15,16). The summed E-state index contributed by atoms with van der Waals surface area (Å²) in [6.45, 7) is 1.93. The molecule has 0 bridgehead atoms. The molecule has 1 aromatic heterocycles. The molecule has 1 unspecified atom stereocenters. The van der Waals surface area contributed by atoms with Gasteiger partial charge in [-0.25, -0.2) is 0 Å². The predicted octanol–water partition coefficient (Wildman–Crippen LogP) is 2.31. The number of pyridine rings is 1. The number of nitrogens with two attached hydrogens (primary N) is 1. The van der Waals surface area contributed by atoms with Crippen molar-refractivity contribution in [2.24, 2.45) is 0 Å². The van der Waals surface area contributed by atoms with Crippen LogP contribution < -0.4 is 5.73 Å². The van der Waals surface area contributed by atoms with Crippen molar-refractivity contribution >= 4 is 5.69 Å². The van der Waals surface area contributed by atoms with Gasteiger partial charge < -0.3 is 10.8 Å². The summed E-state index contributed by atoms with van der Waals surface area (Å²) in [7, 11) is 0. The van der Waals surface area contributed by atoms with Crippen LogP contribution in [0.4, 0.5) is 5.69 Å². The Labute approximate surface area is 101 Å². The van der Waals surface area contributed by atoms with E-state index >= 15 is 0 Å². The molecule has 88 valence electrons. The van der Waals surface area contributed by atoms with Crippen LogP contribution in [0.3, 0.4) is 0 Å². The Kier molecular flexibility index (Phi) is 3.11. The molecule has 0 aliphatic heterocycles. The molecular weight excluding hydrogens is 212 g/mol. The van der Waals surface area contributed by atoms with Gasteiger partial charge in [-0.3, -0.25) is 4.98 Å². The Hall–Kier alpha value is -1.87. The van der Waals surface area contributed by atoms with Gasteiger partial charge in [0, 0.05) is 23.6 Å². The lowest BCUT2D eigenvalue weighted by molar-refractivity contribution is 0.0769. The Bertz CT molecular complexity index is 499. The number of nitrogen functional groups attached to an aromatic ring is 1. The zero-order chi connectivity index (χ0) is 12.3. The number of anilines is 1. The molecule has 0 spiro atoms. The van der Waals surface area contributed by atoms with Gasteiger partial charge in [-0.15, -0.1) is 0 Å². The van der Waals surface area contributed by atoms with Crippen LogP contribution in [0.2, 0.25) is 0 Å². The summed E-state index contributed by atoms with van der Waals surface area (Å²) < 4.78 is 0. The lowest BCUT2D eigenvalue weighted by Gasteiger charge is -2.28. The second kappa shape index (κ2) is 4.55. The molecule has 1 aromatic carbocycles. The molecule has 0 saturated heterocycles. The number of aromatic nitrogens is 1. The number of benzene rings is 1. The number of rotatable bonds is 3. The normalized spacial score (nSPS) is 14.2. The fraction of sp³-hybridized carbons (Fsp3) is 0.214. The van der Waals surface area contributed by atoms with E-state index in [1.54, 1.807) is 18.5 Å². The first kappa shape index (κ1) is 11.6. The largest absolute Gasteiger partial charge is 0.398 e. The molecular formula is C14H16N2O. The zero-order valence-corrected chi connectivity index (χ0v) is 9.80. The molecule has 0 radical (unpaired) electrons. The van der Waals surface area contributed by atoms with E-state index in [0.717, 1.165) is 5.56 Å². The molecule has 1 heterocycles. The van der Waals surface area contributed by atoms with Crippen LogP contribution in [0.1, 0.15) is 24.5 Å². The van der Waals surface area contributed by atoms with Crippen molar-refractivity contribution in [2.45, 2.75) is 18.9 Å². The van der Waals surface area contributed by atoms with Crippen LogP contribution >= 0.6 is 0 Å². The van der Waals surface area contributed by atoms with Crippen LogP contribution in [0, 0.1) is 0 Å². The maximum Gasteiger partial charge on any atom is 0.118 e. The molecule has 0 saturated carbocycles. The van der Waals surface area contributed by atoms with Crippen molar-refractivity contribution in [1.29, 1.82) is 0 Å². The van der Waals surface area contributed by atoms with Crippen LogP contribution in [0.25, 0.3) is 0 Å². The summed E-state index contributed by atoms with van der Waals surface area (Å²) in [6, 6.07) is 11.2. The van der Waals surface area contributed by atoms with Gasteiger partial charge in [-0.1, -0.05) is 37.3 Å². The minimum Gasteiger partial charge on any atom is -0.398 e. The van der Waals surface area contributed by atoms with Crippen LogP contribution in [-0.4, -0.2) is 10.1 Å². The average Bonchev–Trinajstić information content (AvgIpc) is 2.39. The van der Waals surface area contributed by atoms with E-state index in [4.69, 9.17) is 5.73 Å². The second-order valence-corrected chi connectivity index (χ2v) is 4.04. The Morgan fingerprint density at radius 3 is 2.53 bits per heavy atom. The quantitative estimate of drug-likeness (QED) is 0.847. The first-order valence-electron chi connectivity index (χ1n) is 5.66. The predicted molar refractivity (Wildman–Crippen MR) is 68.4 cm³/mol. The summed E-state index contributed by atoms with van der Waals surface area (Å²) >= 11 is 0. The van der Waals surface area contributed by atoms with Gasteiger partial charge in [0.1, 0.15) is 5.60 Å². The van der Waals surface area contributed by atoms with E-state index in [1.165, 1.54) is 0 Å². The van der Waals surface area contributed by atoms with E-state index in [9.17, 15) is 5.11 Å². The SMILES string of the molecule is CCC(O)(c1ccccc1)c1cnccc1N. The van der Waals surface area contributed by atoms with Crippen molar-refractivity contribution in [3.8, 4) is 0 Å². The smallest absolute Gasteiger partial charge is 0.118 e. The van der Waals surface area contributed by atoms with E-state index in [1.807, 2.05) is 37.3 Å². The zero-order valence-electron chi connectivity index (χ0n) is 9.80. The van der Waals surface area contributed by atoms with Crippen molar-refractivity contribution in [2.75, 3.05) is 5.73 Å². The van der Waals surface area contributed by atoms with Crippen LogP contribution in [-0.2, 0) is 5.60 Å². The molecule has 3 N–H and O–H groups in total. The van der Waals surface area contributed by atoms with E-state index in [0.29, 0.717) is 17.7 Å². The second-order valence-electron chi connectivity index (χ2n) is 4.04. The summed E-state index contributed by atoms with van der Waals surface area (Å²) in [4.78, 5) is 4.05. The number of hydrogen-bond donors (Lipinski definition) is 2. The highest BCUT2D eigenvalue weighted by Gasteiger charge is 2.31. The topological polar surface area (TPSA) is 59.1 Å². The molecule has 0 aliphatic rings. The number of aliphatic hydroxyl groups is 1. The fourth-order valence-electron chi connectivity index (χ4n) is 2.01. The monoisotopic (exact) mass is 228 g/mol. The molecule has 2 rings (SSSR count). The van der Waals surface area contributed by atoms with Crippen LogP contribution in [0.5, 0.6) is 0 Å². The van der Waals surface area contributed by atoms with Gasteiger partial charge in [0.25, 0.3) is 0 Å². The first-order chi connectivity index (χ1) is 8.18. The Morgan fingerprint density at radius 2 is 1.94 bits per heavy atom. The van der Waals surface area contributed by atoms with Crippen molar-refractivity contribution in [1.82, 2.24) is 4.98 Å². The fourth-order valence-corrected chi connectivity index (χ4v) is 2.01. The molecule has 0 fully saturated rings. The summed E-state index contributed by atoms with van der Waals surface area (Å²) in [5.41, 5.74) is 6.91. The molecule has 0 amide bonds. The lowest BCUT2D eigenvalue weighted by Crippen LogP contribution is -2.27. The lowest BCUT2D eigenvalue weighted by atomic mass is 9.84. The highest BCUT2D eigenvalue weighted by atomic mass is 16.3. The highest BCUT2D eigenvalue weighted by Crippen LogP contribution is 2.35. The third kappa shape index (κ3) is 2.01. The third-order valence-corrected chi connectivity index (χ3v) is 3.06. The van der Waals surface area contributed by atoms with Crippen molar-refractivity contribution < 1.29 is 5.11 Å². The van der Waals surface area contributed by atoms with E-state index < -0.39 is 5.60 Å². The summed E-state index contributed by atoms with van der Waals surface area (Å²) in [6.07, 6.45) is 3.80. The van der Waals surface area contributed by atoms with E-state index in [-0.39, 0.29) is 0 Å². The molecule has 0 aliphatic carbocycles. The minimum atomic E-state index is -1.07. The molecule has 2 aromatic rings. The number of hydrogen-bond acceptors (Lipinski definition) is 3. The molecule has 1 atom stereocenters. The van der Waals surface area contributed by atoms with Crippen molar-refractivity contribution in [3.63, 3.8) is 0 Å². The molecule has 3 heteroatoms. The summed E-state index contributed by atoms with van der Waals surface area (Å²) in [5, 5.41) is 10.8. The van der Waals surface area contributed by atoms with Gasteiger partial charge in [-0.2, -0.15) is 0 Å². The van der Waals surface area contributed by atoms with Gasteiger partial charge in [0.2, 0.25) is 0 Å². The minimum absolute atomic E-state index is 0.549. The maximum atomic E-state index is 10.8. The van der Waals surface area contributed by atoms with E-state index in [2.05, 4.69) is 4.98 Å². The highest BCUT2D eigenvalue weighted by molar-refractivity contribution is 5.51. The van der Waals surface area contributed by atoms with Crippen molar-refractivity contribution in [3.05, 3.63) is 59.9 Å². The number of nitrogens with zero attached hydrogens (tertiary/aromatic N) is 1. The maximum absolute atomic E-state index is 10.8. The van der Waals surface area contributed by atoms with Gasteiger partial charge in [-0.05, 0) is 18.1 Å². The third-order valence-electron chi connectivity index (χ3n) is 3.06. The van der Waals surface area contributed by atoms with Gasteiger partial charge >= 0.3 is 0 Å². The van der Waals surface area contributed by atoms with Gasteiger partial charge in [0.15, 0.2) is 0 Å².